The summed E-state index contributed by atoms with van der Waals surface area (Å²) < 4.78 is 1.12. The van der Waals surface area contributed by atoms with Crippen LogP contribution in [-0.2, 0) is 6.54 Å². The van der Waals surface area contributed by atoms with E-state index in [0.29, 0.717) is 18.6 Å². The fourth-order valence-corrected chi connectivity index (χ4v) is 2.64. The molecule has 2 atom stereocenters. The van der Waals surface area contributed by atoms with E-state index in [0.717, 1.165) is 17.4 Å². The number of nitrogens with one attached hydrogen (secondary N) is 1. The molecule has 88 valence electrons. The summed E-state index contributed by atoms with van der Waals surface area (Å²) in [7, 11) is 0. The summed E-state index contributed by atoms with van der Waals surface area (Å²) in [5, 5.41) is 12.8. The van der Waals surface area contributed by atoms with Gasteiger partial charge < -0.3 is 10.4 Å². The minimum absolute atomic E-state index is 0.317. The fraction of sp³-hybridized carbons (Fsp3) is 0.538. The third-order valence-electron chi connectivity index (χ3n) is 3.38. The second-order valence-corrected chi connectivity index (χ2v) is 5.40. The topological polar surface area (TPSA) is 32.3 Å². The van der Waals surface area contributed by atoms with Crippen molar-refractivity contribution in [1.82, 2.24) is 5.32 Å². The van der Waals surface area contributed by atoms with Crippen molar-refractivity contribution in [2.45, 2.75) is 31.8 Å². The van der Waals surface area contributed by atoms with E-state index in [9.17, 15) is 5.11 Å². The van der Waals surface area contributed by atoms with Gasteiger partial charge in [-0.1, -0.05) is 34.5 Å². The Morgan fingerprint density at radius 1 is 1.25 bits per heavy atom. The molecule has 0 bridgehead atoms. The number of aliphatic hydroxyl groups excluding tert-OH is 1. The van der Waals surface area contributed by atoms with Gasteiger partial charge in [-0.05, 0) is 36.5 Å². The van der Waals surface area contributed by atoms with Gasteiger partial charge in [0.1, 0.15) is 0 Å². The van der Waals surface area contributed by atoms with Crippen LogP contribution in [0.2, 0.25) is 0 Å². The Morgan fingerprint density at radius 2 is 2.00 bits per heavy atom. The molecule has 0 saturated heterocycles. The smallest absolute Gasteiger partial charge is 0.0474 e. The lowest BCUT2D eigenvalue weighted by Crippen LogP contribution is -2.33. The normalized spacial score (nSPS) is 24.9. The first-order valence-corrected chi connectivity index (χ1v) is 6.67. The molecule has 3 heteroatoms. The summed E-state index contributed by atoms with van der Waals surface area (Å²) in [6.45, 7) is 1.21. The number of hydrogen-bond donors (Lipinski definition) is 2. The molecular formula is C13H18BrNO. The van der Waals surface area contributed by atoms with Crippen LogP contribution in [0.15, 0.2) is 28.7 Å². The molecule has 0 amide bonds. The molecule has 2 N–H and O–H groups in total. The van der Waals surface area contributed by atoms with Crippen molar-refractivity contribution in [3.05, 3.63) is 34.3 Å². The minimum Gasteiger partial charge on any atom is -0.396 e. The number of rotatable bonds is 4. The molecule has 0 heterocycles. The van der Waals surface area contributed by atoms with Gasteiger partial charge >= 0.3 is 0 Å². The van der Waals surface area contributed by atoms with Gasteiger partial charge in [-0.25, -0.2) is 0 Å². The summed E-state index contributed by atoms with van der Waals surface area (Å²) in [6, 6.07) is 8.87. The molecule has 1 aromatic rings. The zero-order valence-electron chi connectivity index (χ0n) is 9.32. The summed E-state index contributed by atoms with van der Waals surface area (Å²) >= 11 is 3.43. The number of aliphatic hydroxyl groups is 1. The molecule has 16 heavy (non-hydrogen) atoms. The maximum absolute atomic E-state index is 9.22. The Bertz CT molecular complexity index is 325. The lowest BCUT2D eigenvalue weighted by atomic mass is 10.0. The molecule has 1 fully saturated rings. The Hall–Kier alpha value is -0.380. The Labute approximate surface area is 105 Å². The molecular weight excluding hydrogens is 266 g/mol. The lowest BCUT2D eigenvalue weighted by molar-refractivity contribution is 0.205. The van der Waals surface area contributed by atoms with Crippen molar-refractivity contribution >= 4 is 15.9 Å². The third-order valence-corrected chi connectivity index (χ3v) is 3.90. The molecule has 1 aliphatic rings. The van der Waals surface area contributed by atoms with E-state index in [2.05, 4.69) is 45.5 Å². The summed E-state index contributed by atoms with van der Waals surface area (Å²) in [5.74, 6) is 0.454. The maximum atomic E-state index is 9.22. The number of hydrogen-bond acceptors (Lipinski definition) is 2. The van der Waals surface area contributed by atoms with Crippen LogP contribution in [0.25, 0.3) is 0 Å². The monoisotopic (exact) mass is 283 g/mol. The molecule has 0 aromatic heterocycles. The van der Waals surface area contributed by atoms with Gasteiger partial charge in [-0.2, -0.15) is 0 Å². The minimum atomic E-state index is 0.317. The molecule has 1 aliphatic carbocycles. The van der Waals surface area contributed by atoms with Gasteiger partial charge in [0.25, 0.3) is 0 Å². The van der Waals surface area contributed by atoms with Crippen molar-refractivity contribution < 1.29 is 5.11 Å². The van der Waals surface area contributed by atoms with Crippen LogP contribution in [0.1, 0.15) is 24.8 Å². The molecule has 2 nitrogen and oxygen atoms in total. The molecule has 1 aromatic carbocycles. The lowest BCUT2D eigenvalue weighted by Gasteiger charge is -2.19. The number of halogens is 1. The predicted molar refractivity (Wildman–Crippen MR) is 69.2 cm³/mol. The van der Waals surface area contributed by atoms with Crippen molar-refractivity contribution in [2.24, 2.45) is 5.92 Å². The predicted octanol–water partition coefficient (Wildman–Crippen LogP) is 2.70. The first kappa shape index (κ1) is 12.1. The molecule has 2 unspecified atom stereocenters. The standard InChI is InChI=1S/C13H18BrNO/c14-12-6-4-10(5-7-12)8-15-13-3-1-2-11(13)9-16/h4-7,11,13,15-16H,1-3,8-9H2. The second-order valence-electron chi connectivity index (χ2n) is 4.49. The van der Waals surface area contributed by atoms with E-state index in [1.54, 1.807) is 0 Å². The fourth-order valence-electron chi connectivity index (χ4n) is 2.38. The van der Waals surface area contributed by atoms with Crippen LogP contribution >= 0.6 is 15.9 Å². The molecule has 0 radical (unpaired) electrons. The highest BCUT2D eigenvalue weighted by Crippen LogP contribution is 2.25. The molecule has 2 rings (SSSR count). The van der Waals surface area contributed by atoms with Gasteiger partial charge in [-0.3, -0.25) is 0 Å². The van der Waals surface area contributed by atoms with E-state index in [-0.39, 0.29) is 0 Å². The molecule has 1 saturated carbocycles. The zero-order chi connectivity index (χ0) is 11.4. The molecule has 0 aliphatic heterocycles. The third kappa shape index (κ3) is 3.06. The first-order valence-electron chi connectivity index (χ1n) is 5.88. The van der Waals surface area contributed by atoms with Crippen LogP contribution < -0.4 is 5.32 Å². The van der Waals surface area contributed by atoms with Gasteiger partial charge in [0, 0.05) is 23.7 Å². The summed E-state index contributed by atoms with van der Waals surface area (Å²) in [6.07, 6.45) is 3.60. The Kier molecular flexibility index (Phi) is 4.38. The SMILES string of the molecule is OCC1CCCC1NCc1ccc(Br)cc1. The summed E-state index contributed by atoms with van der Waals surface area (Å²) in [4.78, 5) is 0. The molecule has 0 spiro atoms. The van der Waals surface area contributed by atoms with Crippen molar-refractivity contribution in [1.29, 1.82) is 0 Å². The van der Waals surface area contributed by atoms with Crippen molar-refractivity contribution in [3.8, 4) is 0 Å². The van der Waals surface area contributed by atoms with E-state index in [1.807, 2.05) is 0 Å². The highest BCUT2D eigenvalue weighted by Gasteiger charge is 2.25. The van der Waals surface area contributed by atoms with Crippen molar-refractivity contribution in [2.75, 3.05) is 6.61 Å². The quantitative estimate of drug-likeness (QED) is 0.891. The second kappa shape index (κ2) is 5.80. The van der Waals surface area contributed by atoms with Crippen LogP contribution in [0.4, 0.5) is 0 Å². The van der Waals surface area contributed by atoms with Crippen LogP contribution in [0.3, 0.4) is 0 Å². The summed E-state index contributed by atoms with van der Waals surface area (Å²) in [5.41, 5.74) is 1.30. The Morgan fingerprint density at radius 3 is 2.69 bits per heavy atom. The van der Waals surface area contributed by atoms with E-state index in [4.69, 9.17) is 0 Å². The van der Waals surface area contributed by atoms with E-state index < -0.39 is 0 Å². The van der Waals surface area contributed by atoms with Crippen LogP contribution in [-0.4, -0.2) is 17.8 Å². The van der Waals surface area contributed by atoms with Crippen molar-refractivity contribution in [3.63, 3.8) is 0 Å². The van der Waals surface area contributed by atoms with E-state index in [1.165, 1.54) is 18.4 Å². The van der Waals surface area contributed by atoms with E-state index >= 15 is 0 Å². The Balaban J connectivity index is 1.85. The maximum Gasteiger partial charge on any atom is 0.0474 e. The highest BCUT2D eigenvalue weighted by molar-refractivity contribution is 9.10. The van der Waals surface area contributed by atoms with Gasteiger partial charge in [0.05, 0.1) is 0 Å². The average Bonchev–Trinajstić information content (AvgIpc) is 2.76. The first-order chi connectivity index (χ1) is 7.79. The number of benzene rings is 1. The van der Waals surface area contributed by atoms with Crippen LogP contribution in [0.5, 0.6) is 0 Å². The average molecular weight is 284 g/mol. The van der Waals surface area contributed by atoms with Gasteiger partial charge in [-0.15, -0.1) is 0 Å². The van der Waals surface area contributed by atoms with Crippen LogP contribution in [0, 0.1) is 5.92 Å². The zero-order valence-corrected chi connectivity index (χ0v) is 10.9. The van der Waals surface area contributed by atoms with Gasteiger partial charge in [0.2, 0.25) is 0 Å². The highest BCUT2D eigenvalue weighted by atomic mass is 79.9. The van der Waals surface area contributed by atoms with Gasteiger partial charge in [0.15, 0.2) is 0 Å². The largest absolute Gasteiger partial charge is 0.396 e.